The molecule has 4 heteroatoms. The van der Waals surface area contributed by atoms with Gasteiger partial charge < -0.3 is 0 Å². The van der Waals surface area contributed by atoms with Crippen molar-refractivity contribution in [3.05, 3.63) is 54.1 Å². The number of hydrogen-bond donors (Lipinski definition) is 0. The maximum absolute atomic E-state index is 12.3. The number of rotatable bonds is 2. The zero-order valence-electron chi connectivity index (χ0n) is 9.38. The summed E-state index contributed by atoms with van der Waals surface area (Å²) < 4.78 is 1.84. The predicted molar refractivity (Wildman–Crippen MR) is 79.1 cm³/mol. The number of halogens is 2. The number of thiophene rings is 1. The summed E-state index contributed by atoms with van der Waals surface area (Å²) in [4.78, 5) is 14.2. The summed E-state index contributed by atoms with van der Waals surface area (Å²) in [6.07, 6.45) is 0. The third kappa shape index (κ3) is 2.69. The molecule has 88 valence electrons. The lowest BCUT2D eigenvalue weighted by atomic mass is 10.1. The smallest absolute Gasteiger partial charge is 0.204 e. The van der Waals surface area contributed by atoms with Gasteiger partial charge in [0.2, 0.25) is 5.78 Å². The molecule has 0 saturated heterocycles. The van der Waals surface area contributed by atoms with Gasteiger partial charge in [-0.15, -0.1) is 11.3 Å². The molecule has 0 unspecified atom stereocenters. The average Bonchev–Trinajstić information content (AvgIpc) is 2.62. The summed E-state index contributed by atoms with van der Waals surface area (Å²) in [7, 11) is 0. The Morgan fingerprint density at radius 2 is 1.82 bits per heavy atom. The van der Waals surface area contributed by atoms with Crippen molar-refractivity contribution in [1.82, 2.24) is 0 Å². The van der Waals surface area contributed by atoms with Crippen molar-refractivity contribution < 1.29 is 4.79 Å². The lowest BCUT2D eigenvalue weighted by Gasteiger charge is -2.03. The number of aryl methyl sites for hydroxylation is 2. The molecule has 0 atom stereocenters. The van der Waals surface area contributed by atoms with Crippen LogP contribution >= 0.6 is 43.2 Å². The molecule has 1 heterocycles. The third-order valence-electron chi connectivity index (χ3n) is 2.45. The SMILES string of the molecule is Cc1ccc(Br)c(C(=O)c2cc(Br)c(C)s2)c1. The number of hydrogen-bond acceptors (Lipinski definition) is 2. The molecule has 0 aliphatic rings. The van der Waals surface area contributed by atoms with Gasteiger partial charge in [0.1, 0.15) is 0 Å². The molecule has 0 saturated carbocycles. The van der Waals surface area contributed by atoms with E-state index in [9.17, 15) is 4.79 Å². The van der Waals surface area contributed by atoms with Crippen molar-refractivity contribution in [3.63, 3.8) is 0 Å². The van der Waals surface area contributed by atoms with E-state index in [1.54, 1.807) is 0 Å². The number of ketones is 1. The highest BCUT2D eigenvalue weighted by molar-refractivity contribution is 9.10. The van der Waals surface area contributed by atoms with E-state index in [0.29, 0.717) is 0 Å². The number of carbonyl (C=O) groups is 1. The standard InChI is InChI=1S/C13H10Br2OS/c1-7-3-4-10(14)9(5-7)13(16)12-6-11(15)8(2)17-12/h3-6H,1-2H3. The second-order valence-corrected chi connectivity index (χ2v) is 6.79. The van der Waals surface area contributed by atoms with E-state index in [-0.39, 0.29) is 5.78 Å². The summed E-state index contributed by atoms with van der Waals surface area (Å²) >= 11 is 8.38. The Labute approximate surface area is 121 Å². The Morgan fingerprint density at radius 1 is 1.12 bits per heavy atom. The quantitative estimate of drug-likeness (QED) is 0.667. The highest BCUT2D eigenvalue weighted by atomic mass is 79.9. The molecule has 0 aliphatic heterocycles. The van der Waals surface area contributed by atoms with E-state index >= 15 is 0 Å². The van der Waals surface area contributed by atoms with Crippen molar-refractivity contribution in [2.45, 2.75) is 13.8 Å². The van der Waals surface area contributed by atoms with Gasteiger partial charge in [-0.25, -0.2) is 0 Å². The molecule has 0 amide bonds. The van der Waals surface area contributed by atoms with Crippen molar-refractivity contribution >= 4 is 49.0 Å². The van der Waals surface area contributed by atoms with Gasteiger partial charge in [0, 0.05) is 19.4 Å². The molecule has 0 fully saturated rings. The number of benzene rings is 1. The van der Waals surface area contributed by atoms with Gasteiger partial charge in [0.15, 0.2) is 0 Å². The summed E-state index contributed by atoms with van der Waals surface area (Å²) in [6.45, 7) is 3.98. The van der Waals surface area contributed by atoms with Gasteiger partial charge in [0.25, 0.3) is 0 Å². The molecule has 1 aromatic heterocycles. The molecule has 0 bridgehead atoms. The second-order valence-electron chi connectivity index (χ2n) is 3.83. The zero-order chi connectivity index (χ0) is 12.6. The van der Waals surface area contributed by atoms with Crippen LogP contribution in [0, 0.1) is 13.8 Å². The zero-order valence-corrected chi connectivity index (χ0v) is 13.4. The summed E-state index contributed by atoms with van der Waals surface area (Å²) in [5.74, 6) is 0.0689. The van der Waals surface area contributed by atoms with Crippen LogP contribution in [0.2, 0.25) is 0 Å². The van der Waals surface area contributed by atoms with E-state index in [1.807, 2.05) is 38.1 Å². The first-order valence-corrected chi connectivity index (χ1v) is 7.46. The molecular formula is C13H10Br2OS. The molecular weight excluding hydrogens is 364 g/mol. The van der Waals surface area contributed by atoms with Gasteiger partial charge in [-0.1, -0.05) is 27.6 Å². The normalized spacial score (nSPS) is 10.6. The monoisotopic (exact) mass is 372 g/mol. The van der Waals surface area contributed by atoms with Gasteiger partial charge in [-0.3, -0.25) is 4.79 Å². The van der Waals surface area contributed by atoms with Crippen LogP contribution in [0.1, 0.15) is 25.7 Å². The minimum absolute atomic E-state index is 0.0689. The van der Waals surface area contributed by atoms with Crippen LogP contribution in [0.4, 0.5) is 0 Å². The Balaban J connectivity index is 2.47. The van der Waals surface area contributed by atoms with Crippen LogP contribution < -0.4 is 0 Å². The summed E-state index contributed by atoms with van der Waals surface area (Å²) in [5.41, 5.74) is 1.81. The van der Waals surface area contributed by atoms with Crippen LogP contribution in [0.3, 0.4) is 0 Å². The minimum Gasteiger partial charge on any atom is -0.288 e. The highest BCUT2D eigenvalue weighted by Gasteiger charge is 2.16. The van der Waals surface area contributed by atoms with E-state index in [0.717, 1.165) is 29.8 Å². The first-order valence-electron chi connectivity index (χ1n) is 5.06. The molecule has 1 nitrogen and oxygen atoms in total. The minimum atomic E-state index is 0.0689. The van der Waals surface area contributed by atoms with Crippen LogP contribution in [0.5, 0.6) is 0 Å². The van der Waals surface area contributed by atoms with E-state index in [1.165, 1.54) is 11.3 Å². The van der Waals surface area contributed by atoms with Crippen LogP contribution in [-0.2, 0) is 0 Å². The van der Waals surface area contributed by atoms with E-state index in [4.69, 9.17) is 0 Å². The molecule has 0 radical (unpaired) electrons. The maximum Gasteiger partial charge on any atom is 0.204 e. The van der Waals surface area contributed by atoms with Crippen molar-refractivity contribution in [1.29, 1.82) is 0 Å². The fraction of sp³-hybridized carbons (Fsp3) is 0.154. The van der Waals surface area contributed by atoms with E-state index < -0.39 is 0 Å². The molecule has 0 N–H and O–H groups in total. The molecule has 1 aromatic carbocycles. The van der Waals surface area contributed by atoms with Gasteiger partial charge in [-0.05, 0) is 48.0 Å². The Bertz CT molecular complexity index is 568. The third-order valence-corrected chi connectivity index (χ3v) is 5.27. The fourth-order valence-corrected chi connectivity index (χ4v) is 3.43. The van der Waals surface area contributed by atoms with Crippen molar-refractivity contribution in [2.75, 3.05) is 0 Å². The van der Waals surface area contributed by atoms with Gasteiger partial charge in [0.05, 0.1) is 4.88 Å². The summed E-state index contributed by atoms with van der Waals surface area (Å²) in [5, 5.41) is 0. The Morgan fingerprint density at radius 3 is 2.41 bits per heavy atom. The molecule has 0 aliphatic carbocycles. The lowest BCUT2D eigenvalue weighted by Crippen LogP contribution is -2.00. The molecule has 2 rings (SSSR count). The van der Waals surface area contributed by atoms with E-state index in [2.05, 4.69) is 31.9 Å². The van der Waals surface area contributed by atoms with Crippen LogP contribution in [0.15, 0.2) is 33.2 Å². The predicted octanol–water partition coefficient (Wildman–Crippen LogP) is 5.12. The Kier molecular flexibility index (Phi) is 3.85. The van der Waals surface area contributed by atoms with Crippen LogP contribution in [0.25, 0.3) is 0 Å². The first kappa shape index (κ1) is 13.0. The van der Waals surface area contributed by atoms with Crippen LogP contribution in [-0.4, -0.2) is 5.78 Å². The fourth-order valence-electron chi connectivity index (χ4n) is 1.52. The topological polar surface area (TPSA) is 17.1 Å². The van der Waals surface area contributed by atoms with Gasteiger partial charge >= 0.3 is 0 Å². The first-order chi connectivity index (χ1) is 7.99. The van der Waals surface area contributed by atoms with Crippen molar-refractivity contribution in [3.8, 4) is 0 Å². The Hall–Kier alpha value is -0.450. The number of carbonyl (C=O) groups excluding carboxylic acids is 1. The molecule has 17 heavy (non-hydrogen) atoms. The van der Waals surface area contributed by atoms with Gasteiger partial charge in [-0.2, -0.15) is 0 Å². The largest absolute Gasteiger partial charge is 0.288 e. The lowest BCUT2D eigenvalue weighted by molar-refractivity contribution is 0.104. The second kappa shape index (κ2) is 5.04. The average molecular weight is 374 g/mol. The molecule has 0 spiro atoms. The maximum atomic E-state index is 12.3. The summed E-state index contributed by atoms with van der Waals surface area (Å²) in [6, 6.07) is 7.70. The molecule has 2 aromatic rings. The highest BCUT2D eigenvalue weighted by Crippen LogP contribution is 2.30. The van der Waals surface area contributed by atoms with Crippen molar-refractivity contribution in [2.24, 2.45) is 0 Å².